The molecule has 0 spiro atoms. The van der Waals surface area contributed by atoms with Crippen molar-refractivity contribution in [3.8, 4) is 11.4 Å². The Morgan fingerprint density at radius 2 is 2.00 bits per heavy atom. The summed E-state index contributed by atoms with van der Waals surface area (Å²) in [6, 6.07) is 17.3. The average Bonchev–Trinajstić information content (AvgIpc) is 3.01. The molecular weight excluding hydrogens is 334 g/mol. The zero-order valence-electron chi connectivity index (χ0n) is 13.9. The van der Waals surface area contributed by atoms with E-state index in [1.807, 2.05) is 61.5 Å². The molecule has 0 fully saturated rings. The number of para-hydroxylation sites is 1. The molecule has 2 aromatic carbocycles. The molecule has 0 atom stereocenters. The molecule has 25 heavy (non-hydrogen) atoms. The normalized spacial score (nSPS) is 10.4. The minimum atomic E-state index is -0.205. The van der Waals surface area contributed by atoms with Gasteiger partial charge in [-0.15, -0.1) is 0 Å². The highest BCUT2D eigenvalue weighted by molar-refractivity contribution is 7.71. The maximum Gasteiger partial charge on any atom is 0.269 e. The van der Waals surface area contributed by atoms with E-state index in [0.717, 1.165) is 17.0 Å². The molecule has 2 N–H and O–H groups in total. The number of aromatic amines is 1. The summed E-state index contributed by atoms with van der Waals surface area (Å²) in [7, 11) is 0. The number of ether oxygens (including phenoxy) is 1. The number of aryl methyl sites for hydroxylation is 1. The molecular formula is C19H19N3O2S. The number of nitrogens with zero attached hydrogens (tertiary/aromatic N) is 1. The van der Waals surface area contributed by atoms with Crippen LogP contribution in [0.25, 0.3) is 5.69 Å². The Labute approximate surface area is 151 Å². The fourth-order valence-electron chi connectivity index (χ4n) is 2.50. The minimum absolute atomic E-state index is 0.205. The Kier molecular flexibility index (Phi) is 5.30. The molecule has 0 aliphatic heterocycles. The van der Waals surface area contributed by atoms with Gasteiger partial charge in [-0.3, -0.25) is 9.36 Å². The zero-order valence-corrected chi connectivity index (χ0v) is 14.7. The number of hydrogen-bond acceptors (Lipinski definition) is 3. The summed E-state index contributed by atoms with van der Waals surface area (Å²) in [5.74, 6) is 0.590. The van der Waals surface area contributed by atoms with Crippen LogP contribution >= 0.6 is 12.2 Å². The fourth-order valence-corrected chi connectivity index (χ4v) is 2.76. The highest BCUT2D eigenvalue weighted by atomic mass is 32.1. The summed E-state index contributed by atoms with van der Waals surface area (Å²) in [4.78, 5) is 15.4. The zero-order chi connectivity index (χ0) is 17.6. The number of H-pyrrole nitrogens is 1. The van der Waals surface area contributed by atoms with E-state index < -0.39 is 0 Å². The number of nitrogens with one attached hydrogen (secondary N) is 2. The molecule has 0 aliphatic carbocycles. The van der Waals surface area contributed by atoms with Crippen molar-refractivity contribution >= 4 is 18.1 Å². The predicted octanol–water partition coefficient (Wildman–Crippen LogP) is 3.65. The summed E-state index contributed by atoms with van der Waals surface area (Å²) < 4.78 is 7.84. The first kappa shape index (κ1) is 17.0. The van der Waals surface area contributed by atoms with Crippen LogP contribution in [0.1, 0.15) is 16.1 Å². The molecule has 0 bridgehead atoms. The van der Waals surface area contributed by atoms with E-state index in [9.17, 15) is 4.79 Å². The lowest BCUT2D eigenvalue weighted by molar-refractivity contribution is 0.0940. The van der Waals surface area contributed by atoms with Gasteiger partial charge in [0.15, 0.2) is 4.77 Å². The van der Waals surface area contributed by atoms with Crippen molar-refractivity contribution < 1.29 is 9.53 Å². The second kappa shape index (κ2) is 7.81. The standard InChI is InChI=1S/C19H19N3O2S/c1-14-6-5-9-16(12-14)24-11-10-20-18(23)17-13-21-19(25)22(17)15-7-3-2-4-8-15/h2-9,12-13H,10-11H2,1H3,(H,20,23)(H,21,25). The van der Waals surface area contributed by atoms with E-state index >= 15 is 0 Å². The van der Waals surface area contributed by atoms with Crippen LogP contribution < -0.4 is 10.1 Å². The van der Waals surface area contributed by atoms with Crippen LogP contribution in [-0.2, 0) is 0 Å². The lowest BCUT2D eigenvalue weighted by atomic mass is 10.2. The van der Waals surface area contributed by atoms with Crippen LogP contribution in [0.3, 0.4) is 0 Å². The topological polar surface area (TPSA) is 59.0 Å². The van der Waals surface area contributed by atoms with Crippen molar-refractivity contribution in [2.24, 2.45) is 0 Å². The molecule has 0 saturated carbocycles. The fraction of sp³-hybridized carbons (Fsp3) is 0.158. The number of rotatable bonds is 6. The maximum absolute atomic E-state index is 12.5. The smallest absolute Gasteiger partial charge is 0.269 e. The number of imidazole rings is 1. The molecule has 5 nitrogen and oxygen atoms in total. The maximum atomic E-state index is 12.5. The van der Waals surface area contributed by atoms with E-state index in [2.05, 4.69) is 10.3 Å². The Morgan fingerprint density at radius 1 is 1.20 bits per heavy atom. The SMILES string of the molecule is Cc1cccc(OCCNC(=O)c2c[nH]c(=S)n2-c2ccccc2)c1. The van der Waals surface area contributed by atoms with Crippen molar-refractivity contribution in [3.05, 3.63) is 76.8 Å². The molecule has 0 radical (unpaired) electrons. The molecule has 3 aromatic rings. The molecule has 0 aliphatic rings. The van der Waals surface area contributed by atoms with Crippen LogP contribution in [-0.4, -0.2) is 28.6 Å². The van der Waals surface area contributed by atoms with Crippen molar-refractivity contribution in [1.82, 2.24) is 14.9 Å². The number of benzene rings is 2. The first-order valence-corrected chi connectivity index (χ1v) is 8.39. The lowest BCUT2D eigenvalue weighted by Crippen LogP contribution is -2.29. The van der Waals surface area contributed by atoms with E-state index in [1.165, 1.54) is 0 Å². The Bertz CT molecular complexity index is 916. The van der Waals surface area contributed by atoms with E-state index in [1.54, 1.807) is 10.8 Å². The number of amides is 1. The summed E-state index contributed by atoms with van der Waals surface area (Å²) in [6.45, 7) is 2.81. The predicted molar refractivity (Wildman–Crippen MR) is 100.0 cm³/mol. The van der Waals surface area contributed by atoms with Crippen molar-refractivity contribution in [3.63, 3.8) is 0 Å². The summed E-state index contributed by atoms with van der Waals surface area (Å²) in [5, 5.41) is 2.86. The second-order valence-corrected chi connectivity index (χ2v) is 5.96. The minimum Gasteiger partial charge on any atom is -0.492 e. The van der Waals surface area contributed by atoms with Gasteiger partial charge in [-0.05, 0) is 49.0 Å². The van der Waals surface area contributed by atoms with Gasteiger partial charge in [-0.2, -0.15) is 0 Å². The van der Waals surface area contributed by atoms with Gasteiger partial charge in [0.2, 0.25) is 0 Å². The van der Waals surface area contributed by atoms with E-state index in [-0.39, 0.29) is 5.91 Å². The van der Waals surface area contributed by atoms with Gasteiger partial charge in [0.05, 0.1) is 6.54 Å². The van der Waals surface area contributed by atoms with Crippen LogP contribution in [0, 0.1) is 11.7 Å². The molecule has 3 rings (SSSR count). The monoisotopic (exact) mass is 353 g/mol. The van der Waals surface area contributed by atoms with E-state index in [0.29, 0.717) is 23.6 Å². The molecule has 1 heterocycles. The summed E-state index contributed by atoms with van der Waals surface area (Å²) in [5.41, 5.74) is 2.44. The highest BCUT2D eigenvalue weighted by Crippen LogP contribution is 2.13. The summed E-state index contributed by atoms with van der Waals surface area (Å²) in [6.07, 6.45) is 1.62. The second-order valence-electron chi connectivity index (χ2n) is 5.57. The van der Waals surface area contributed by atoms with E-state index in [4.69, 9.17) is 17.0 Å². The van der Waals surface area contributed by atoms with Crippen molar-refractivity contribution in [2.45, 2.75) is 6.92 Å². The van der Waals surface area contributed by atoms with Gasteiger partial charge in [0, 0.05) is 11.9 Å². The van der Waals surface area contributed by atoms with Crippen LogP contribution in [0.15, 0.2) is 60.8 Å². The molecule has 0 saturated heterocycles. The molecule has 6 heteroatoms. The third-order valence-corrected chi connectivity index (χ3v) is 3.97. The van der Waals surface area contributed by atoms with Gasteiger partial charge in [-0.1, -0.05) is 30.3 Å². The lowest BCUT2D eigenvalue weighted by Gasteiger charge is -2.10. The molecule has 0 unspecified atom stereocenters. The highest BCUT2D eigenvalue weighted by Gasteiger charge is 2.13. The Balaban J connectivity index is 1.62. The number of carbonyl (C=O) groups excluding carboxylic acids is 1. The van der Waals surface area contributed by atoms with Gasteiger partial charge in [-0.25, -0.2) is 0 Å². The third-order valence-electron chi connectivity index (χ3n) is 3.67. The quantitative estimate of drug-likeness (QED) is 0.525. The van der Waals surface area contributed by atoms with Crippen LogP contribution in [0.5, 0.6) is 5.75 Å². The van der Waals surface area contributed by atoms with Gasteiger partial charge in [0.1, 0.15) is 18.1 Å². The summed E-state index contributed by atoms with van der Waals surface area (Å²) >= 11 is 5.29. The third kappa shape index (κ3) is 4.16. The van der Waals surface area contributed by atoms with Crippen molar-refractivity contribution in [1.29, 1.82) is 0 Å². The van der Waals surface area contributed by atoms with Crippen LogP contribution in [0.2, 0.25) is 0 Å². The van der Waals surface area contributed by atoms with Gasteiger partial charge >= 0.3 is 0 Å². The van der Waals surface area contributed by atoms with Gasteiger partial charge in [0.25, 0.3) is 5.91 Å². The Hall–Kier alpha value is -2.86. The largest absolute Gasteiger partial charge is 0.492 e. The van der Waals surface area contributed by atoms with Crippen LogP contribution in [0.4, 0.5) is 0 Å². The first-order chi connectivity index (χ1) is 12.1. The number of hydrogen-bond donors (Lipinski definition) is 2. The van der Waals surface area contributed by atoms with Crippen molar-refractivity contribution in [2.75, 3.05) is 13.2 Å². The molecule has 1 aromatic heterocycles. The number of aromatic nitrogens is 2. The van der Waals surface area contributed by atoms with Gasteiger partial charge < -0.3 is 15.0 Å². The molecule has 1 amide bonds. The Morgan fingerprint density at radius 3 is 2.76 bits per heavy atom. The average molecular weight is 353 g/mol. The molecule has 128 valence electrons. The first-order valence-electron chi connectivity index (χ1n) is 7.98. The number of carbonyl (C=O) groups is 1.